The molecule has 3 aromatic heterocycles. The Hall–Kier alpha value is -2.67. The number of rotatable bonds is 3. The number of benzene rings is 1. The van der Waals surface area contributed by atoms with Crippen molar-refractivity contribution in [3.8, 4) is 10.7 Å². The van der Waals surface area contributed by atoms with Crippen LogP contribution in [0, 0.1) is 0 Å². The van der Waals surface area contributed by atoms with Crippen molar-refractivity contribution in [3.63, 3.8) is 0 Å². The van der Waals surface area contributed by atoms with Crippen molar-refractivity contribution < 1.29 is 34.8 Å². The molecule has 0 radical (unpaired) electrons. The zero-order chi connectivity index (χ0) is 23.6. The van der Waals surface area contributed by atoms with Crippen LogP contribution in [0.3, 0.4) is 0 Å². The minimum atomic E-state index is -4.70. The third-order valence-electron chi connectivity index (χ3n) is 4.92. The molecule has 0 saturated carbocycles. The first-order chi connectivity index (χ1) is 14.7. The summed E-state index contributed by atoms with van der Waals surface area (Å²) in [5, 5.41) is 0.0982. The van der Waals surface area contributed by atoms with E-state index < -0.39 is 33.4 Å². The predicted octanol–water partition coefficient (Wildman–Crippen LogP) is 5.68. The Labute approximate surface area is 181 Å². The number of hydrogen-bond donors (Lipinski definition) is 0. The molecule has 32 heavy (non-hydrogen) atoms. The van der Waals surface area contributed by atoms with E-state index in [4.69, 9.17) is 0 Å². The van der Waals surface area contributed by atoms with Crippen molar-refractivity contribution in [2.45, 2.75) is 24.2 Å². The summed E-state index contributed by atoms with van der Waals surface area (Å²) in [6.45, 7) is 1.39. The van der Waals surface area contributed by atoms with Crippen LogP contribution in [0.25, 0.3) is 31.8 Å². The molecule has 5 nitrogen and oxygen atoms in total. The van der Waals surface area contributed by atoms with Gasteiger partial charge < -0.3 is 4.57 Å². The highest BCUT2D eigenvalue weighted by atomic mass is 32.2. The molecule has 3 heterocycles. The molecule has 0 unspecified atom stereocenters. The molecule has 0 aliphatic carbocycles. The highest BCUT2D eigenvalue weighted by Crippen LogP contribution is 2.44. The first kappa shape index (κ1) is 22.5. The number of alkyl halides is 6. The van der Waals surface area contributed by atoms with Crippen molar-refractivity contribution in [2.75, 3.05) is 5.75 Å². The zero-order valence-electron chi connectivity index (χ0n) is 16.3. The highest BCUT2D eigenvalue weighted by molar-refractivity contribution is 7.92. The molecule has 4 rings (SSSR count). The summed E-state index contributed by atoms with van der Waals surface area (Å²) in [6, 6.07) is 3.47. The number of nitrogens with zero attached hydrogens (tertiary/aromatic N) is 3. The van der Waals surface area contributed by atoms with Crippen molar-refractivity contribution in [1.82, 2.24) is 14.5 Å². The molecule has 0 spiro atoms. The molecule has 13 heteroatoms. The Kier molecular flexibility index (Phi) is 5.05. The number of pyridine rings is 1. The Morgan fingerprint density at radius 2 is 1.75 bits per heavy atom. The van der Waals surface area contributed by atoms with Crippen LogP contribution in [0.5, 0.6) is 0 Å². The summed E-state index contributed by atoms with van der Waals surface area (Å²) in [4.78, 5) is 7.42. The van der Waals surface area contributed by atoms with E-state index in [0.717, 1.165) is 41.8 Å². The Morgan fingerprint density at radius 1 is 1.06 bits per heavy atom. The number of aromatic nitrogens is 3. The van der Waals surface area contributed by atoms with Gasteiger partial charge in [0.2, 0.25) is 0 Å². The minimum absolute atomic E-state index is 0.0166. The molecule has 0 amide bonds. The second-order valence-electron chi connectivity index (χ2n) is 6.92. The maximum atomic E-state index is 13.2. The molecule has 0 N–H and O–H groups in total. The van der Waals surface area contributed by atoms with E-state index in [2.05, 4.69) is 9.97 Å². The van der Waals surface area contributed by atoms with E-state index >= 15 is 0 Å². The summed E-state index contributed by atoms with van der Waals surface area (Å²) >= 11 is 0.784. The monoisotopic (exact) mass is 493 g/mol. The van der Waals surface area contributed by atoms with Crippen molar-refractivity contribution in [3.05, 3.63) is 41.7 Å². The minimum Gasteiger partial charge on any atom is -0.325 e. The van der Waals surface area contributed by atoms with Gasteiger partial charge in [-0.15, -0.1) is 11.3 Å². The van der Waals surface area contributed by atoms with E-state index in [1.165, 1.54) is 18.5 Å². The van der Waals surface area contributed by atoms with Crippen LogP contribution >= 0.6 is 11.3 Å². The largest absolute Gasteiger partial charge is 0.433 e. The standard InChI is InChI=1S/C19H13F6N3O2S2/c1-3-32(29,30)16-10-5-4-9(18(20,21)22)6-13(10)31-15(16)17-27-11-7-14(19(23,24)25)26-8-12(11)28(17)2/h4-8H,3H2,1-2H3. The third-order valence-corrected chi connectivity index (χ3v) is 8.01. The van der Waals surface area contributed by atoms with Gasteiger partial charge in [-0.25, -0.2) is 18.4 Å². The van der Waals surface area contributed by atoms with Gasteiger partial charge in [0.1, 0.15) is 5.69 Å². The Balaban J connectivity index is 2.04. The molecular weight excluding hydrogens is 480 g/mol. The third kappa shape index (κ3) is 3.62. The fourth-order valence-electron chi connectivity index (χ4n) is 3.30. The fraction of sp³-hybridized carbons (Fsp3) is 0.263. The number of thiophene rings is 1. The number of sulfone groups is 1. The lowest BCUT2D eigenvalue weighted by Crippen LogP contribution is -2.07. The van der Waals surface area contributed by atoms with Gasteiger partial charge in [0.05, 0.1) is 38.3 Å². The zero-order valence-corrected chi connectivity index (χ0v) is 18.0. The highest BCUT2D eigenvalue weighted by Gasteiger charge is 2.35. The second kappa shape index (κ2) is 7.17. The maximum absolute atomic E-state index is 13.2. The molecule has 1 aromatic carbocycles. The van der Waals surface area contributed by atoms with E-state index in [9.17, 15) is 34.8 Å². The molecule has 0 atom stereocenters. The van der Waals surface area contributed by atoms with Crippen LogP contribution in [0.1, 0.15) is 18.2 Å². The first-order valence-electron chi connectivity index (χ1n) is 9.00. The molecule has 0 saturated heterocycles. The van der Waals surface area contributed by atoms with E-state index in [1.807, 2.05) is 0 Å². The van der Waals surface area contributed by atoms with Gasteiger partial charge in [-0.1, -0.05) is 13.0 Å². The SMILES string of the molecule is CCS(=O)(=O)c1c(-c2nc3cc(C(F)(F)F)ncc3n2C)sc2cc(C(F)(F)F)ccc12. The lowest BCUT2D eigenvalue weighted by atomic mass is 10.1. The summed E-state index contributed by atoms with van der Waals surface area (Å²) in [5.74, 6) is -0.306. The lowest BCUT2D eigenvalue weighted by molar-refractivity contribution is -0.141. The average molecular weight is 493 g/mol. The van der Waals surface area contributed by atoms with Gasteiger partial charge in [0.15, 0.2) is 15.7 Å². The number of aryl methyl sites for hydroxylation is 1. The summed E-state index contributed by atoms with van der Waals surface area (Å²) in [7, 11) is -2.45. The number of halogens is 6. The molecule has 0 aliphatic heterocycles. The van der Waals surface area contributed by atoms with Gasteiger partial charge in [0.25, 0.3) is 0 Å². The van der Waals surface area contributed by atoms with E-state index in [-0.39, 0.29) is 42.5 Å². The van der Waals surface area contributed by atoms with Gasteiger partial charge in [0, 0.05) is 17.1 Å². The molecule has 0 fully saturated rings. The number of fused-ring (bicyclic) bond motifs is 2. The average Bonchev–Trinajstić information content (AvgIpc) is 3.24. The second-order valence-corrected chi connectivity index (χ2v) is 10.2. The van der Waals surface area contributed by atoms with Crippen LogP contribution in [0.15, 0.2) is 35.4 Å². The quantitative estimate of drug-likeness (QED) is 0.345. The summed E-state index contributed by atoms with van der Waals surface area (Å²) in [6.07, 6.45) is -8.36. The topological polar surface area (TPSA) is 64.8 Å². The van der Waals surface area contributed by atoms with Crippen LogP contribution in [-0.4, -0.2) is 28.7 Å². The lowest BCUT2D eigenvalue weighted by Gasteiger charge is -2.07. The van der Waals surface area contributed by atoms with Crippen LogP contribution in [0.4, 0.5) is 26.3 Å². The predicted molar refractivity (Wildman–Crippen MR) is 107 cm³/mol. The van der Waals surface area contributed by atoms with Crippen molar-refractivity contribution >= 4 is 42.3 Å². The summed E-state index contributed by atoms with van der Waals surface area (Å²) in [5.41, 5.74) is -1.97. The Bertz CT molecular complexity index is 1470. The van der Waals surface area contributed by atoms with E-state index in [0.29, 0.717) is 0 Å². The van der Waals surface area contributed by atoms with Gasteiger partial charge in [-0.05, 0) is 18.2 Å². The molecule has 0 aliphatic rings. The smallest absolute Gasteiger partial charge is 0.325 e. The molecule has 4 aromatic rings. The molecular formula is C19H13F6N3O2S2. The van der Waals surface area contributed by atoms with Crippen molar-refractivity contribution in [2.24, 2.45) is 7.05 Å². The van der Waals surface area contributed by atoms with Gasteiger partial charge >= 0.3 is 12.4 Å². The van der Waals surface area contributed by atoms with Crippen LogP contribution in [0.2, 0.25) is 0 Å². The van der Waals surface area contributed by atoms with Gasteiger partial charge in [-0.3, -0.25) is 0 Å². The maximum Gasteiger partial charge on any atom is 0.433 e. The number of imidazole rings is 1. The molecule has 170 valence electrons. The fourth-order valence-corrected chi connectivity index (χ4v) is 6.20. The number of hydrogen-bond acceptors (Lipinski definition) is 5. The first-order valence-corrected chi connectivity index (χ1v) is 11.5. The van der Waals surface area contributed by atoms with Crippen LogP contribution < -0.4 is 0 Å². The Morgan fingerprint density at radius 3 is 2.34 bits per heavy atom. The molecule has 0 bridgehead atoms. The van der Waals surface area contributed by atoms with Gasteiger partial charge in [-0.2, -0.15) is 26.3 Å². The van der Waals surface area contributed by atoms with Crippen LogP contribution in [-0.2, 0) is 29.2 Å². The van der Waals surface area contributed by atoms with Crippen molar-refractivity contribution in [1.29, 1.82) is 0 Å². The van der Waals surface area contributed by atoms with E-state index in [1.54, 1.807) is 0 Å². The normalized spacial score (nSPS) is 13.4. The summed E-state index contributed by atoms with van der Waals surface area (Å²) < 4.78 is 106.